The Bertz CT molecular complexity index is 724. The molecule has 0 aliphatic heterocycles. The molecule has 2 amide bonds. The molecular formula is C17H19N3O2S. The number of hydrogen-bond donors (Lipinski definition) is 2. The Morgan fingerprint density at radius 3 is 2.61 bits per heavy atom. The highest BCUT2D eigenvalue weighted by atomic mass is 32.1. The molecule has 0 spiro atoms. The Balaban J connectivity index is 1.63. The van der Waals surface area contributed by atoms with Crippen molar-refractivity contribution >= 4 is 28.3 Å². The molecule has 2 N–H and O–H groups in total. The van der Waals surface area contributed by atoms with Crippen LogP contribution in [0.2, 0.25) is 0 Å². The van der Waals surface area contributed by atoms with Crippen molar-refractivity contribution in [1.29, 1.82) is 0 Å². The average molecular weight is 329 g/mol. The first-order valence-corrected chi connectivity index (χ1v) is 8.51. The number of carbonyl (C=O) groups excluding carboxylic acids is 2. The summed E-state index contributed by atoms with van der Waals surface area (Å²) in [5.74, 6) is 0.670. The fourth-order valence-electron chi connectivity index (χ4n) is 2.37. The van der Waals surface area contributed by atoms with Gasteiger partial charge in [0.1, 0.15) is 0 Å². The summed E-state index contributed by atoms with van der Waals surface area (Å²) in [4.78, 5) is 27.3. The van der Waals surface area contributed by atoms with Crippen molar-refractivity contribution in [3.8, 4) is 11.3 Å². The molecule has 6 heteroatoms. The van der Waals surface area contributed by atoms with Crippen molar-refractivity contribution in [1.82, 2.24) is 10.3 Å². The molecule has 2 atom stereocenters. The molecule has 1 fully saturated rings. The zero-order valence-corrected chi connectivity index (χ0v) is 13.9. The fourth-order valence-corrected chi connectivity index (χ4v) is 3.09. The summed E-state index contributed by atoms with van der Waals surface area (Å²) in [6, 6.07) is 7.88. The number of aromatic nitrogens is 1. The highest BCUT2D eigenvalue weighted by molar-refractivity contribution is 7.14. The van der Waals surface area contributed by atoms with Crippen molar-refractivity contribution in [3.63, 3.8) is 0 Å². The maximum atomic E-state index is 11.9. The SMILES string of the molecule is CC(=O)NCc1ccc(-c2csc(NC(=O)[C@@H]3C[C@H]3C)n2)cc1. The first kappa shape index (κ1) is 15.7. The van der Waals surface area contributed by atoms with Gasteiger partial charge in [0, 0.05) is 30.3 Å². The Morgan fingerprint density at radius 1 is 1.30 bits per heavy atom. The number of benzene rings is 1. The molecule has 1 saturated carbocycles. The quantitative estimate of drug-likeness (QED) is 0.886. The van der Waals surface area contributed by atoms with Crippen LogP contribution in [0, 0.1) is 11.8 Å². The molecule has 1 aromatic carbocycles. The normalized spacial score (nSPS) is 19.2. The van der Waals surface area contributed by atoms with Crippen LogP contribution in [0.4, 0.5) is 5.13 Å². The van der Waals surface area contributed by atoms with Crippen molar-refractivity contribution in [2.45, 2.75) is 26.8 Å². The van der Waals surface area contributed by atoms with Gasteiger partial charge in [-0.2, -0.15) is 0 Å². The van der Waals surface area contributed by atoms with Crippen LogP contribution in [-0.2, 0) is 16.1 Å². The van der Waals surface area contributed by atoms with E-state index in [1.165, 1.54) is 18.3 Å². The van der Waals surface area contributed by atoms with E-state index in [-0.39, 0.29) is 17.7 Å². The maximum absolute atomic E-state index is 11.9. The molecule has 0 saturated heterocycles. The standard InChI is InChI=1S/C17H19N3O2S/c1-10-7-14(10)16(22)20-17-19-15(9-23-17)13-5-3-12(4-6-13)8-18-11(2)21/h3-6,9-10,14H,7-8H2,1-2H3,(H,18,21)(H,19,20,22)/t10-,14-/m1/s1. The van der Waals surface area contributed by atoms with Gasteiger partial charge in [-0.05, 0) is 17.9 Å². The Morgan fingerprint density at radius 2 is 2.00 bits per heavy atom. The number of rotatable bonds is 5. The number of nitrogens with zero attached hydrogens (tertiary/aromatic N) is 1. The topological polar surface area (TPSA) is 71.1 Å². The van der Waals surface area contributed by atoms with Crippen LogP contribution in [0.15, 0.2) is 29.6 Å². The van der Waals surface area contributed by atoms with Gasteiger partial charge in [0.2, 0.25) is 11.8 Å². The lowest BCUT2D eigenvalue weighted by Crippen LogP contribution is -2.18. The minimum absolute atomic E-state index is 0.0426. The van der Waals surface area contributed by atoms with E-state index in [0.29, 0.717) is 17.6 Å². The summed E-state index contributed by atoms with van der Waals surface area (Å²) < 4.78 is 0. The second-order valence-corrected chi connectivity index (χ2v) is 6.81. The third-order valence-corrected chi connectivity index (χ3v) is 4.73. The monoisotopic (exact) mass is 329 g/mol. The van der Waals surface area contributed by atoms with Gasteiger partial charge < -0.3 is 10.6 Å². The van der Waals surface area contributed by atoms with E-state index in [0.717, 1.165) is 23.2 Å². The predicted octanol–water partition coefficient (Wildman–Crippen LogP) is 3.04. The predicted molar refractivity (Wildman–Crippen MR) is 91.0 cm³/mol. The summed E-state index contributed by atoms with van der Waals surface area (Å²) in [5, 5.41) is 8.24. The number of anilines is 1. The van der Waals surface area contributed by atoms with Crippen molar-refractivity contribution < 1.29 is 9.59 Å². The number of nitrogens with one attached hydrogen (secondary N) is 2. The van der Waals surface area contributed by atoms with Crippen LogP contribution in [0.1, 0.15) is 25.8 Å². The molecule has 1 aliphatic rings. The summed E-state index contributed by atoms with van der Waals surface area (Å²) in [6.45, 7) is 4.11. The van der Waals surface area contributed by atoms with Crippen LogP contribution in [0.3, 0.4) is 0 Å². The third-order valence-electron chi connectivity index (χ3n) is 3.97. The van der Waals surface area contributed by atoms with Gasteiger partial charge >= 0.3 is 0 Å². The Hall–Kier alpha value is -2.21. The molecular weight excluding hydrogens is 310 g/mol. The van der Waals surface area contributed by atoms with Gasteiger partial charge in [-0.1, -0.05) is 31.2 Å². The van der Waals surface area contributed by atoms with Gasteiger partial charge in [-0.15, -0.1) is 11.3 Å². The summed E-state index contributed by atoms with van der Waals surface area (Å²) in [6.07, 6.45) is 0.972. The van der Waals surface area contributed by atoms with Gasteiger partial charge in [0.25, 0.3) is 0 Å². The van der Waals surface area contributed by atoms with Crippen molar-refractivity contribution in [2.24, 2.45) is 11.8 Å². The molecule has 1 aliphatic carbocycles. The highest BCUT2D eigenvalue weighted by Crippen LogP contribution is 2.38. The van der Waals surface area contributed by atoms with E-state index in [1.807, 2.05) is 29.6 Å². The second-order valence-electron chi connectivity index (χ2n) is 5.95. The molecule has 0 radical (unpaired) electrons. The maximum Gasteiger partial charge on any atom is 0.229 e. The Labute approximate surface area is 139 Å². The van der Waals surface area contributed by atoms with E-state index in [2.05, 4.69) is 22.5 Å². The van der Waals surface area contributed by atoms with E-state index in [4.69, 9.17) is 0 Å². The fraction of sp³-hybridized carbons (Fsp3) is 0.353. The summed E-state index contributed by atoms with van der Waals surface area (Å²) in [5.41, 5.74) is 2.88. The third kappa shape index (κ3) is 3.96. The zero-order valence-electron chi connectivity index (χ0n) is 13.1. The molecule has 3 rings (SSSR count). The first-order valence-electron chi connectivity index (χ1n) is 7.63. The number of amides is 2. The number of hydrogen-bond acceptors (Lipinski definition) is 4. The van der Waals surface area contributed by atoms with Crippen LogP contribution in [0.25, 0.3) is 11.3 Å². The van der Waals surface area contributed by atoms with Gasteiger partial charge in [0.15, 0.2) is 5.13 Å². The van der Waals surface area contributed by atoms with E-state index in [9.17, 15) is 9.59 Å². The van der Waals surface area contributed by atoms with Crippen LogP contribution in [0.5, 0.6) is 0 Å². The number of thiazole rings is 1. The van der Waals surface area contributed by atoms with Gasteiger partial charge in [0.05, 0.1) is 5.69 Å². The summed E-state index contributed by atoms with van der Waals surface area (Å²) >= 11 is 1.44. The van der Waals surface area contributed by atoms with E-state index >= 15 is 0 Å². The molecule has 0 unspecified atom stereocenters. The second kappa shape index (κ2) is 6.50. The largest absolute Gasteiger partial charge is 0.352 e. The average Bonchev–Trinajstić information content (AvgIpc) is 3.08. The molecule has 120 valence electrons. The van der Waals surface area contributed by atoms with E-state index in [1.54, 1.807) is 0 Å². The van der Waals surface area contributed by atoms with Crippen LogP contribution >= 0.6 is 11.3 Å². The van der Waals surface area contributed by atoms with Gasteiger partial charge in [-0.3, -0.25) is 9.59 Å². The molecule has 2 aromatic rings. The minimum atomic E-state index is -0.0426. The Kier molecular flexibility index (Phi) is 4.43. The number of carbonyl (C=O) groups is 2. The smallest absolute Gasteiger partial charge is 0.229 e. The van der Waals surface area contributed by atoms with Crippen molar-refractivity contribution in [3.05, 3.63) is 35.2 Å². The highest BCUT2D eigenvalue weighted by Gasteiger charge is 2.39. The van der Waals surface area contributed by atoms with E-state index < -0.39 is 0 Å². The van der Waals surface area contributed by atoms with Gasteiger partial charge in [-0.25, -0.2) is 4.98 Å². The summed E-state index contributed by atoms with van der Waals surface area (Å²) in [7, 11) is 0. The molecule has 1 heterocycles. The lowest BCUT2D eigenvalue weighted by molar-refractivity contribution is -0.119. The van der Waals surface area contributed by atoms with Crippen molar-refractivity contribution in [2.75, 3.05) is 5.32 Å². The molecule has 5 nitrogen and oxygen atoms in total. The lowest BCUT2D eigenvalue weighted by atomic mass is 10.1. The lowest BCUT2D eigenvalue weighted by Gasteiger charge is -2.03. The molecule has 23 heavy (non-hydrogen) atoms. The zero-order chi connectivity index (χ0) is 16.4. The molecule has 0 bridgehead atoms. The molecule has 1 aromatic heterocycles. The minimum Gasteiger partial charge on any atom is -0.352 e. The van der Waals surface area contributed by atoms with Crippen LogP contribution < -0.4 is 10.6 Å². The van der Waals surface area contributed by atoms with Crippen LogP contribution in [-0.4, -0.2) is 16.8 Å². The first-order chi connectivity index (χ1) is 11.0.